The highest BCUT2D eigenvalue weighted by Crippen LogP contribution is 2.30. The molecule has 5 rings (SSSR count). The van der Waals surface area contributed by atoms with Crippen LogP contribution in [0.5, 0.6) is 0 Å². The minimum atomic E-state index is -3.84. The summed E-state index contributed by atoms with van der Waals surface area (Å²) >= 11 is 0. The van der Waals surface area contributed by atoms with Crippen LogP contribution in [0.25, 0.3) is 0 Å². The van der Waals surface area contributed by atoms with Gasteiger partial charge in [0.05, 0.1) is 12.0 Å². The minimum absolute atomic E-state index is 0.119. The van der Waals surface area contributed by atoms with Crippen molar-refractivity contribution in [2.75, 3.05) is 25.5 Å². The fraction of sp³-hybridized carbons (Fsp3) is 0.316. The predicted molar refractivity (Wildman–Crippen MR) is 188 cm³/mol. The van der Waals surface area contributed by atoms with Gasteiger partial charge in [0, 0.05) is 42.3 Å². The number of alkyl carbamates (subject to hydrolysis) is 1. The van der Waals surface area contributed by atoms with E-state index >= 15 is 4.39 Å². The van der Waals surface area contributed by atoms with Crippen LogP contribution < -0.4 is 16.0 Å². The third-order valence-corrected chi connectivity index (χ3v) is 11.1. The lowest BCUT2D eigenvalue weighted by Crippen LogP contribution is -2.58. The van der Waals surface area contributed by atoms with Crippen LogP contribution in [0.4, 0.5) is 19.3 Å². The zero-order valence-electron chi connectivity index (χ0n) is 28.2. The van der Waals surface area contributed by atoms with Gasteiger partial charge < -0.3 is 20.7 Å². The molecule has 0 saturated carbocycles. The molecule has 4 aromatic carbocycles. The van der Waals surface area contributed by atoms with Crippen molar-refractivity contribution in [3.63, 3.8) is 0 Å². The highest BCUT2D eigenvalue weighted by atomic mass is 32.2. The van der Waals surface area contributed by atoms with Crippen molar-refractivity contribution in [3.8, 4) is 0 Å². The highest BCUT2D eigenvalue weighted by Gasteiger charge is 2.38. The summed E-state index contributed by atoms with van der Waals surface area (Å²) in [7, 11) is -2.65. The first kappa shape index (κ1) is 36.6. The molecule has 1 heterocycles. The van der Waals surface area contributed by atoms with Crippen LogP contribution >= 0.6 is 0 Å². The largest absolute Gasteiger partial charge is 0.453 e. The second kappa shape index (κ2) is 16.4. The fourth-order valence-corrected chi connectivity index (χ4v) is 8.34. The van der Waals surface area contributed by atoms with E-state index in [1.54, 1.807) is 48.5 Å². The van der Waals surface area contributed by atoms with Gasteiger partial charge >= 0.3 is 6.09 Å². The molecule has 0 bridgehead atoms. The molecule has 9 nitrogen and oxygen atoms in total. The summed E-state index contributed by atoms with van der Waals surface area (Å²) in [5.74, 6) is -2.20. The van der Waals surface area contributed by atoms with Gasteiger partial charge in [-0.3, -0.25) is 4.79 Å². The van der Waals surface area contributed by atoms with Crippen LogP contribution in [0, 0.1) is 18.6 Å². The number of ether oxygens (including phenoxy) is 1. The van der Waals surface area contributed by atoms with Crippen molar-refractivity contribution in [3.05, 3.63) is 131 Å². The zero-order valence-corrected chi connectivity index (χ0v) is 29.1. The molecule has 0 unspecified atom stereocenters. The molecule has 264 valence electrons. The van der Waals surface area contributed by atoms with Gasteiger partial charge in [-0.2, -0.15) is 4.31 Å². The number of sulfonamides is 1. The van der Waals surface area contributed by atoms with Crippen molar-refractivity contribution >= 4 is 27.7 Å². The molecule has 0 spiro atoms. The Hall–Kier alpha value is -4.65. The Kier molecular flexibility index (Phi) is 12.0. The number of carbonyl (C=O) groups is 2. The van der Waals surface area contributed by atoms with Crippen LogP contribution in [0.1, 0.15) is 41.5 Å². The number of rotatable bonds is 12. The van der Waals surface area contributed by atoms with E-state index in [0.29, 0.717) is 13.1 Å². The first-order valence-electron chi connectivity index (χ1n) is 16.5. The van der Waals surface area contributed by atoms with Crippen LogP contribution in [0.15, 0.2) is 102 Å². The Bertz CT molecular complexity index is 1880. The smallest absolute Gasteiger partial charge is 0.407 e. The van der Waals surface area contributed by atoms with Gasteiger partial charge in [-0.05, 0) is 80.6 Å². The average molecular weight is 705 g/mol. The predicted octanol–water partition coefficient (Wildman–Crippen LogP) is 5.95. The molecule has 0 aliphatic carbocycles. The number of hydrogen-bond donors (Lipinski definition) is 3. The van der Waals surface area contributed by atoms with Crippen molar-refractivity contribution in [1.82, 2.24) is 14.9 Å². The van der Waals surface area contributed by atoms with Crippen LogP contribution in [0.3, 0.4) is 0 Å². The van der Waals surface area contributed by atoms with Gasteiger partial charge in [-0.1, -0.05) is 66.2 Å². The van der Waals surface area contributed by atoms with E-state index in [-0.39, 0.29) is 41.5 Å². The van der Waals surface area contributed by atoms with E-state index in [4.69, 9.17) is 4.74 Å². The Morgan fingerprint density at radius 3 is 2.32 bits per heavy atom. The van der Waals surface area contributed by atoms with Gasteiger partial charge in [0.2, 0.25) is 15.9 Å². The number of anilines is 1. The molecule has 4 atom stereocenters. The van der Waals surface area contributed by atoms with Crippen LogP contribution in [-0.2, 0) is 32.4 Å². The quantitative estimate of drug-likeness (QED) is 0.168. The summed E-state index contributed by atoms with van der Waals surface area (Å²) in [4.78, 5) is 27.0. The number of piperazine rings is 1. The molecule has 12 heteroatoms. The maximum atomic E-state index is 15.6. The maximum absolute atomic E-state index is 15.6. The van der Waals surface area contributed by atoms with E-state index in [2.05, 4.69) is 16.0 Å². The number of amides is 2. The highest BCUT2D eigenvalue weighted by molar-refractivity contribution is 7.89. The first-order chi connectivity index (χ1) is 24.0. The summed E-state index contributed by atoms with van der Waals surface area (Å²) in [5, 5.41) is 8.80. The SMILES string of the molecule is COC(=O)N[C@H](C(=O)Nc1cccc(F)c1CC[C@H]1CNC[C@H](C)N1S(=O)(=O)c1ccccc1)[C@@H](Cc1ccc(F)cc1)c1ccc(C)cc1. The molecule has 4 aromatic rings. The Balaban J connectivity index is 1.43. The summed E-state index contributed by atoms with van der Waals surface area (Å²) < 4.78 is 63.2. The van der Waals surface area contributed by atoms with Gasteiger partial charge in [-0.25, -0.2) is 22.0 Å². The van der Waals surface area contributed by atoms with Crippen molar-refractivity contribution < 1.29 is 31.5 Å². The monoisotopic (exact) mass is 704 g/mol. The second-order valence-corrected chi connectivity index (χ2v) is 14.4. The van der Waals surface area contributed by atoms with E-state index < -0.39 is 51.7 Å². The number of nitrogens with one attached hydrogen (secondary N) is 3. The number of hydrogen-bond acceptors (Lipinski definition) is 6. The van der Waals surface area contributed by atoms with Crippen LogP contribution in [-0.4, -0.2) is 63.0 Å². The number of methoxy groups -OCH3 is 1. The third kappa shape index (κ3) is 8.73. The molecule has 0 aromatic heterocycles. The standard InChI is InChI=1S/C38H42F2N4O5S/c1-25-12-16-28(17-13-25)33(22-27-14-18-29(39)19-15-27)36(43-38(46)49-3)37(45)42-35-11-7-10-34(40)32(35)21-20-30-24-41-23-26(2)44(30)50(47,48)31-8-5-4-6-9-31/h4-19,26,30,33,36,41H,20-24H2,1-3H3,(H,42,45)(H,43,46)/t26-,30-,33-,36-/m0/s1. The molecule has 3 N–H and O–H groups in total. The Morgan fingerprint density at radius 2 is 1.64 bits per heavy atom. The normalized spacial score (nSPS) is 17.8. The summed E-state index contributed by atoms with van der Waals surface area (Å²) in [6.07, 6.45) is -0.179. The van der Waals surface area contributed by atoms with Gasteiger partial charge in [-0.15, -0.1) is 0 Å². The summed E-state index contributed by atoms with van der Waals surface area (Å²) in [6.45, 7) is 4.61. The second-order valence-electron chi connectivity index (χ2n) is 12.6. The first-order valence-corrected chi connectivity index (χ1v) is 17.9. The van der Waals surface area contributed by atoms with E-state index in [0.717, 1.165) is 16.7 Å². The van der Waals surface area contributed by atoms with Gasteiger partial charge in [0.25, 0.3) is 0 Å². The van der Waals surface area contributed by atoms with Crippen molar-refractivity contribution in [2.45, 2.75) is 62.0 Å². The Morgan fingerprint density at radius 1 is 0.940 bits per heavy atom. The van der Waals surface area contributed by atoms with Gasteiger partial charge in [0.15, 0.2) is 0 Å². The van der Waals surface area contributed by atoms with Crippen LogP contribution in [0.2, 0.25) is 0 Å². The molecular weight excluding hydrogens is 663 g/mol. The average Bonchev–Trinajstić information content (AvgIpc) is 3.11. The van der Waals surface area contributed by atoms with Crippen molar-refractivity contribution in [1.29, 1.82) is 0 Å². The van der Waals surface area contributed by atoms with E-state index in [1.165, 1.54) is 35.7 Å². The molecule has 1 fully saturated rings. The molecular formula is C38H42F2N4O5S. The third-order valence-electron chi connectivity index (χ3n) is 9.05. The molecule has 1 saturated heterocycles. The fourth-order valence-electron chi connectivity index (χ4n) is 6.48. The van der Waals surface area contributed by atoms with Crippen molar-refractivity contribution in [2.24, 2.45) is 0 Å². The van der Waals surface area contributed by atoms with Gasteiger partial charge in [0.1, 0.15) is 17.7 Å². The molecule has 0 radical (unpaired) electrons. The summed E-state index contributed by atoms with van der Waals surface area (Å²) in [5.41, 5.74) is 2.88. The lowest BCUT2D eigenvalue weighted by atomic mass is 9.85. The number of carbonyl (C=O) groups excluding carboxylic acids is 2. The number of benzene rings is 4. The maximum Gasteiger partial charge on any atom is 0.407 e. The lowest BCUT2D eigenvalue weighted by Gasteiger charge is -2.40. The minimum Gasteiger partial charge on any atom is -0.453 e. The molecule has 50 heavy (non-hydrogen) atoms. The topological polar surface area (TPSA) is 117 Å². The van der Waals surface area contributed by atoms with E-state index in [1.807, 2.05) is 38.1 Å². The lowest BCUT2D eigenvalue weighted by molar-refractivity contribution is -0.118. The number of halogens is 2. The van der Waals surface area contributed by atoms with E-state index in [9.17, 15) is 22.4 Å². The molecule has 1 aliphatic heterocycles. The zero-order chi connectivity index (χ0) is 35.8. The summed E-state index contributed by atoms with van der Waals surface area (Å²) in [6, 6.07) is 24.0. The number of aryl methyl sites for hydroxylation is 1. The number of nitrogens with zero attached hydrogens (tertiary/aromatic N) is 1. The Labute approximate surface area is 292 Å². The molecule has 2 amide bonds. The molecule has 1 aliphatic rings.